The summed E-state index contributed by atoms with van der Waals surface area (Å²) < 4.78 is 37.6. The Bertz CT molecular complexity index is 424. The van der Waals surface area contributed by atoms with Crippen LogP contribution in [0.15, 0.2) is 18.2 Å². The van der Waals surface area contributed by atoms with Crippen molar-refractivity contribution in [3.8, 4) is 11.8 Å². The highest BCUT2D eigenvalue weighted by Gasteiger charge is 2.32. The van der Waals surface area contributed by atoms with E-state index in [9.17, 15) is 13.2 Å². The predicted octanol–water partition coefficient (Wildman–Crippen LogP) is 2.75. The molecule has 1 nitrogen and oxygen atoms in total. The largest absolute Gasteiger partial charge is 0.416 e. The molecule has 0 fully saturated rings. The molecule has 0 atom stereocenters. The summed E-state index contributed by atoms with van der Waals surface area (Å²) in [6.45, 7) is 1.32. The average molecular weight is 228 g/mol. The quantitative estimate of drug-likeness (QED) is 0.733. The standard InChI is InChI=1S/C12H11F3O/c1-9-5-6-10(4-2-3-7-16)8-11(9)12(13,14)15/h5-6,8,16H,3,7H2,1H3. The van der Waals surface area contributed by atoms with Gasteiger partial charge in [-0.1, -0.05) is 17.9 Å². The van der Waals surface area contributed by atoms with E-state index in [1.165, 1.54) is 19.1 Å². The van der Waals surface area contributed by atoms with Gasteiger partial charge in [-0.05, 0) is 24.6 Å². The van der Waals surface area contributed by atoms with Crippen LogP contribution in [0, 0.1) is 18.8 Å². The first-order valence-corrected chi connectivity index (χ1v) is 4.72. The van der Waals surface area contributed by atoms with Gasteiger partial charge in [-0.25, -0.2) is 0 Å². The zero-order valence-electron chi connectivity index (χ0n) is 8.73. The van der Waals surface area contributed by atoms with Crippen LogP contribution in [0.25, 0.3) is 0 Å². The second-order valence-electron chi connectivity index (χ2n) is 3.30. The van der Waals surface area contributed by atoms with Crippen molar-refractivity contribution in [1.82, 2.24) is 0 Å². The van der Waals surface area contributed by atoms with Crippen molar-refractivity contribution in [3.63, 3.8) is 0 Å². The molecule has 0 heterocycles. The van der Waals surface area contributed by atoms with Gasteiger partial charge in [0.1, 0.15) is 0 Å². The third kappa shape index (κ3) is 3.28. The number of hydrogen-bond donors (Lipinski definition) is 1. The Morgan fingerprint density at radius 2 is 2.00 bits per heavy atom. The first kappa shape index (κ1) is 12.6. The molecule has 0 amide bonds. The molecular weight excluding hydrogens is 217 g/mol. The summed E-state index contributed by atoms with van der Waals surface area (Å²) in [6, 6.07) is 3.96. The van der Waals surface area contributed by atoms with Gasteiger partial charge in [0.05, 0.1) is 12.2 Å². The lowest BCUT2D eigenvalue weighted by Crippen LogP contribution is -2.07. The van der Waals surface area contributed by atoms with Crippen molar-refractivity contribution in [2.45, 2.75) is 19.5 Å². The summed E-state index contributed by atoms with van der Waals surface area (Å²) in [5.74, 6) is 5.16. The van der Waals surface area contributed by atoms with Crippen LogP contribution >= 0.6 is 0 Å². The number of rotatable bonds is 1. The van der Waals surface area contributed by atoms with Gasteiger partial charge >= 0.3 is 6.18 Å². The minimum absolute atomic E-state index is 0.0923. The second-order valence-corrected chi connectivity index (χ2v) is 3.30. The molecule has 16 heavy (non-hydrogen) atoms. The number of halogens is 3. The Morgan fingerprint density at radius 3 is 2.56 bits per heavy atom. The van der Waals surface area contributed by atoms with Gasteiger partial charge in [-0.3, -0.25) is 0 Å². The first-order chi connectivity index (χ1) is 7.45. The maximum Gasteiger partial charge on any atom is 0.416 e. The van der Waals surface area contributed by atoms with Crippen LogP contribution in [0.5, 0.6) is 0 Å². The second kappa shape index (κ2) is 5.04. The third-order valence-electron chi connectivity index (χ3n) is 2.01. The molecule has 0 aliphatic rings. The topological polar surface area (TPSA) is 20.2 Å². The fourth-order valence-electron chi connectivity index (χ4n) is 1.23. The molecule has 0 aliphatic carbocycles. The van der Waals surface area contributed by atoms with Crippen LogP contribution in [0.4, 0.5) is 13.2 Å². The number of benzene rings is 1. The van der Waals surface area contributed by atoms with Crippen LogP contribution in [-0.2, 0) is 6.18 Å². The van der Waals surface area contributed by atoms with Gasteiger partial charge in [0.25, 0.3) is 0 Å². The lowest BCUT2D eigenvalue weighted by Gasteiger charge is -2.09. The van der Waals surface area contributed by atoms with E-state index in [1.54, 1.807) is 0 Å². The summed E-state index contributed by atoms with van der Waals surface area (Å²) in [4.78, 5) is 0. The Balaban J connectivity index is 3.05. The lowest BCUT2D eigenvalue weighted by molar-refractivity contribution is -0.138. The van der Waals surface area contributed by atoms with Crippen molar-refractivity contribution < 1.29 is 18.3 Å². The molecule has 1 N–H and O–H groups in total. The molecule has 0 saturated heterocycles. The van der Waals surface area contributed by atoms with E-state index in [2.05, 4.69) is 11.8 Å². The molecule has 1 aromatic rings. The van der Waals surface area contributed by atoms with Crippen molar-refractivity contribution in [2.24, 2.45) is 0 Å². The van der Waals surface area contributed by atoms with E-state index in [4.69, 9.17) is 5.11 Å². The van der Waals surface area contributed by atoms with Gasteiger partial charge in [-0.2, -0.15) is 13.2 Å². The van der Waals surface area contributed by atoms with Crippen LogP contribution in [0.2, 0.25) is 0 Å². The summed E-state index contributed by atoms with van der Waals surface area (Å²) in [5.41, 5.74) is -0.171. The van der Waals surface area contributed by atoms with E-state index >= 15 is 0 Å². The smallest absolute Gasteiger partial charge is 0.395 e. The molecule has 0 unspecified atom stereocenters. The maximum absolute atomic E-state index is 12.5. The van der Waals surface area contributed by atoms with Gasteiger partial charge in [-0.15, -0.1) is 0 Å². The molecule has 1 rings (SSSR count). The number of aliphatic hydroxyl groups excluding tert-OH is 1. The van der Waals surface area contributed by atoms with Gasteiger partial charge in [0, 0.05) is 12.0 Å². The van der Waals surface area contributed by atoms with E-state index in [1.807, 2.05) is 0 Å². The lowest BCUT2D eigenvalue weighted by atomic mass is 10.0. The minimum Gasteiger partial charge on any atom is -0.395 e. The molecule has 0 saturated carbocycles. The predicted molar refractivity (Wildman–Crippen MR) is 54.8 cm³/mol. The number of aliphatic hydroxyl groups is 1. The summed E-state index contributed by atoms with van der Waals surface area (Å²) >= 11 is 0. The SMILES string of the molecule is Cc1ccc(C#CCCO)cc1C(F)(F)F. The van der Waals surface area contributed by atoms with Crippen LogP contribution in [-0.4, -0.2) is 11.7 Å². The zero-order chi connectivity index (χ0) is 12.2. The molecule has 0 aromatic heterocycles. The monoisotopic (exact) mass is 228 g/mol. The molecule has 0 aliphatic heterocycles. The van der Waals surface area contributed by atoms with E-state index < -0.39 is 11.7 Å². The Kier molecular flexibility index (Phi) is 3.97. The Hall–Kier alpha value is -1.47. The third-order valence-corrected chi connectivity index (χ3v) is 2.01. The molecule has 1 aromatic carbocycles. The normalized spacial score (nSPS) is 10.8. The molecule has 0 spiro atoms. The fraction of sp³-hybridized carbons (Fsp3) is 0.333. The number of hydrogen-bond acceptors (Lipinski definition) is 1. The zero-order valence-corrected chi connectivity index (χ0v) is 8.73. The van der Waals surface area contributed by atoms with Crippen LogP contribution < -0.4 is 0 Å². The van der Waals surface area contributed by atoms with Crippen molar-refractivity contribution in [2.75, 3.05) is 6.61 Å². The van der Waals surface area contributed by atoms with Crippen molar-refractivity contribution in [1.29, 1.82) is 0 Å². The summed E-state index contributed by atoms with van der Waals surface area (Å²) in [5, 5.41) is 8.49. The average Bonchev–Trinajstić information content (AvgIpc) is 2.19. The molecule has 86 valence electrons. The Morgan fingerprint density at radius 1 is 1.31 bits per heavy atom. The molecule has 4 heteroatoms. The maximum atomic E-state index is 12.5. The van der Waals surface area contributed by atoms with E-state index in [0.717, 1.165) is 6.07 Å². The molecule has 0 radical (unpaired) electrons. The molecule has 0 bridgehead atoms. The molecular formula is C12H11F3O. The van der Waals surface area contributed by atoms with Gasteiger partial charge in [0.15, 0.2) is 0 Å². The van der Waals surface area contributed by atoms with Gasteiger partial charge in [0.2, 0.25) is 0 Å². The van der Waals surface area contributed by atoms with Gasteiger partial charge < -0.3 is 5.11 Å². The Labute approximate surface area is 91.9 Å². The van der Waals surface area contributed by atoms with Crippen LogP contribution in [0.3, 0.4) is 0 Å². The minimum atomic E-state index is -4.35. The highest BCUT2D eigenvalue weighted by Crippen LogP contribution is 2.32. The first-order valence-electron chi connectivity index (χ1n) is 4.72. The highest BCUT2D eigenvalue weighted by atomic mass is 19.4. The number of alkyl halides is 3. The number of aryl methyl sites for hydroxylation is 1. The van der Waals surface area contributed by atoms with Crippen molar-refractivity contribution in [3.05, 3.63) is 34.9 Å². The fourth-order valence-corrected chi connectivity index (χ4v) is 1.23. The highest BCUT2D eigenvalue weighted by molar-refractivity contribution is 5.41. The summed E-state index contributed by atoms with van der Waals surface area (Å²) in [6.07, 6.45) is -4.09. The van der Waals surface area contributed by atoms with E-state index in [-0.39, 0.29) is 18.6 Å². The van der Waals surface area contributed by atoms with E-state index in [0.29, 0.717) is 5.56 Å². The summed E-state index contributed by atoms with van der Waals surface area (Å²) in [7, 11) is 0. The van der Waals surface area contributed by atoms with Crippen LogP contribution in [0.1, 0.15) is 23.1 Å². The van der Waals surface area contributed by atoms with Crippen molar-refractivity contribution >= 4 is 0 Å².